The zero-order valence-corrected chi connectivity index (χ0v) is 14.4. The summed E-state index contributed by atoms with van der Waals surface area (Å²) in [5, 5.41) is 3.09. The van der Waals surface area contributed by atoms with Crippen LogP contribution in [0.25, 0.3) is 0 Å². The molecule has 4 heteroatoms. The third-order valence-electron chi connectivity index (χ3n) is 4.10. The van der Waals surface area contributed by atoms with Crippen LogP contribution in [0.2, 0.25) is 0 Å². The first-order chi connectivity index (χ1) is 11.2. The number of rotatable bonds is 8. The predicted molar refractivity (Wildman–Crippen MR) is 92.1 cm³/mol. The van der Waals surface area contributed by atoms with Gasteiger partial charge < -0.3 is 14.8 Å². The van der Waals surface area contributed by atoms with Crippen LogP contribution < -0.4 is 14.8 Å². The Kier molecular flexibility index (Phi) is 7.24. The van der Waals surface area contributed by atoms with Crippen molar-refractivity contribution in [1.29, 1.82) is 0 Å². The highest BCUT2D eigenvalue weighted by Crippen LogP contribution is 2.30. The van der Waals surface area contributed by atoms with Crippen molar-refractivity contribution >= 4 is 5.91 Å². The molecule has 2 rings (SSSR count). The normalized spacial score (nSPS) is 14.9. The minimum atomic E-state index is 0.126. The molecule has 1 N–H and O–H groups in total. The largest absolute Gasteiger partial charge is 0.490 e. The van der Waals surface area contributed by atoms with Gasteiger partial charge in [-0.25, -0.2) is 0 Å². The van der Waals surface area contributed by atoms with E-state index in [-0.39, 0.29) is 11.9 Å². The van der Waals surface area contributed by atoms with Gasteiger partial charge in [0.05, 0.1) is 13.2 Å². The Morgan fingerprint density at radius 3 is 2.78 bits per heavy atom. The molecule has 0 saturated heterocycles. The molecular formula is C19H29NO3. The SMILES string of the molecule is CCCCCC(C)NC(=O)CCc1ccc2c(c1)OCCCO2. The molecule has 4 nitrogen and oxygen atoms in total. The summed E-state index contributed by atoms with van der Waals surface area (Å²) >= 11 is 0. The van der Waals surface area contributed by atoms with E-state index in [0.29, 0.717) is 19.6 Å². The Hall–Kier alpha value is -1.71. The first-order valence-corrected chi connectivity index (χ1v) is 8.87. The van der Waals surface area contributed by atoms with Crippen LogP contribution in [-0.2, 0) is 11.2 Å². The molecule has 0 bridgehead atoms. The van der Waals surface area contributed by atoms with Crippen molar-refractivity contribution in [3.8, 4) is 11.5 Å². The number of carbonyl (C=O) groups excluding carboxylic acids is 1. The highest BCUT2D eigenvalue weighted by Gasteiger charge is 2.12. The Labute approximate surface area is 139 Å². The molecule has 1 aliphatic heterocycles. The summed E-state index contributed by atoms with van der Waals surface area (Å²) in [6, 6.07) is 6.23. The number of hydrogen-bond donors (Lipinski definition) is 1. The molecule has 1 aliphatic rings. The number of benzene rings is 1. The van der Waals surface area contributed by atoms with Crippen LogP contribution in [0.15, 0.2) is 18.2 Å². The summed E-state index contributed by atoms with van der Waals surface area (Å²) < 4.78 is 11.3. The van der Waals surface area contributed by atoms with Gasteiger partial charge in [-0.2, -0.15) is 0 Å². The summed E-state index contributed by atoms with van der Waals surface area (Å²) in [6.45, 7) is 5.66. The highest BCUT2D eigenvalue weighted by atomic mass is 16.5. The van der Waals surface area contributed by atoms with Gasteiger partial charge in [-0.05, 0) is 37.5 Å². The quantitative estimate of drug-likeness (QED) is 0.740. The first kappa shape index (κ1) is 17.6. The average molecular weight is 319 g/mol. The number of ether oxygens (including phenoxy) is 2. The minimum absolute atomic E-state index is 0.126. The summed E-state index contributed by atoms with van der Waals surface area (Å²) in [7, 11) is 0. The van der Waals surface area contributed by atoms with E-state index in [1.807, 2.05) is 18.2 Å². The fourth-order valence-electron chi connectivity index (χ4n) is 2.74. The lowest BCUT2D eigenvalue weighted by Crippen LogP contribution is -2.32. The first-order valence-electron chi connectivity index (χ1n) is 8.87. The molecule has 1 aromatic rings. The number of aryl methyl sites for hydroxylation is 1. The average Bonchev–Trinajstić information content (AvgIpc) is 2.78. The van der Waals surface area contributed by atoms with E-state index in [4.69, 9.17) is 9.47 Å². The van der Waals surface area contributed by atoms with Crippen LogP contribution >= 0.6 is 0 Å². The Morgan fingerprint density at radius 2 is 2.00 bits per heavy atom. The third-order valence-corrected chi connectivity index (χ3v) is 4.10. The van der Waals surface area contributed by atoms with Crippen molar-refractivity contribution in [3.05, 3.63) is 23.8 Å². The van der Waals surface area contributed by atoms with E-state index >= 15 is 0 Å². The van der Waals surface area contributed by atoms with Gasteiger partial charge in [0.2, 0.25) is 5.91 Å². The van der Waals surface area contributed by atoms with Crippen molar-refractivity contribution < 1.29 is 14.3 Å². The van der Waals surface area contributed by atoms with Gasteiger partial charge >= 0.3 is 0 Å². The molecule has 1 amide bonds. The lowest BCUT2D eigenvalue weighted by Gasteiger charge is -2.14. The molecule has 23 heavy (non-hydrogen) atoms. The smallest absolute Gasteiger partial charge is 0.220 e. The van der Waals surface area contributed by atoms with Gasteiger partial charge in [0.25, 0.3) is 0 Å². The maximum absolute atomic E-state index is 12.0. The molecule has 0 spiro atoms. The van der Waals surface area contributed by atoms with Crippen LogP contribution in [0.5, 0.6) is 11.5 Å². The van der Waals surface area contributed by atoms with Crippen molar-refractivity contribution in [2.75, 3.05) is 13.2 Å². The summed E-state index contributed by atoms with van der Waals surface area (Å²) in [4.78, 5) is 12.0. The zero-order valence-electron chi connectivity index (χ0n) is 14.4. The number of fused-ring (bicyclic) bond motifs is 1. The number of carbonyl (C=O) groups is 1. The monoisotopic (exact) mass is 319 g/mol. The van der Waals surface area contributed by atoms with Crippen molar-refractivity contribution in [3.63, 3.8) is 0 Å². The van der Waals surface area contributed by atoms with Crippen molar-refractivity contribution in [2.24, 2.45) is 0 Å². The molecule has 1 atom stereocenters. The van der Waals surface area contributed by atoms with Crippen LogP contribution in [0.4, 0.5) is 0 Å². The van der Waals surface area contributed by atoms with Gasteiger partial charge in [-0.15, -0.1) is 0 Å². The lowest BCUT2D eigenvalue weighted by molar-refractivity contribution is -0.121. The van der Waals surface area contributed by atoms with E-state index in [1.54, 1.807) is 0 Å². The molecule has 0 radical (unpaired) electrons. The maximum Gasteiger partial charge on any atom is 0.220 e. The van der Waals surface area contributed by atoms with Crippen molar-refractivity contribution in [1.82, 2.24) is 5.32 Å². The van der Waals surface area contributed by atoms with Crippen LogP contribution in [0.3, 0.4) is 0 Å². The number of amides is 1. The predicted octanol–water partition coefficient (Wildman–Crippen LogP) is 3.87. The van der Waals surface area contributed by atoms with Gasteiger partial charge in [0, 0.05) is 18.9 Å². The van der Waals surface area contributed by atoms with Crippen LogP contribution in [0.1, 0.15) is 57.9 Å². The zero-order chi connectivity index (χ0) is 16.5. The summed E-state index contributed by atoms with van der Waals surface area (Å²) in [5.74, 6) is 1.73. The standard InChI is InChI=1S/C19H29NO3/c1-3-4-5-7-15(2)20-19(21)11-9-16-8-10-17-18(14-16)23-13-6-12-22-17/h8,10,14-15H,3-7,9,11-13H2,1-2H3,(H,20,21). The number of hydrogen-bond acceptors (Lipinski definition) is 3. The Bertz CT molecular complexity index is 501. The van der Waals surface area contributed by atoms with E-state index in [9.17, 15) is 4.79 Å². The Balaban J connectivity index is 1.77. The van der Waals surface area contributed by atoms with Crippen LogP contribution in [0, 0.1) is 0 Å². The lowest BCUT2D eigenvalue weighted by atomic mass is 10.1. The topological polar surface area (TPSA) is 47.6 Å². The minimum Gasteiger partial charge on any atom is -0.490 e. The van der Waals surface area contributed by atoms with E-state index in [1.165, 1.54) is 19.3 Å². The molecule has 0 aromatic heterocycles. The second-order valence-corrected chi connectivity index (χ2v) is 6.30. The van der Waals surface area contributed by atoms with Gasteiger partial charge in [0.1, 0.15) is 0 Å². The fourth-order valence-corrected chi connectivity index (χ4v) is 2.74. The highest BCUT2D eigenvalue weighted by molar-refractivity contribution is 5.76. The van der Waals surface area contributed by atoms with Gasteiger partial charge in [-0.1, -0.05) is 32.3 Å². The fraction of sp³-hybridized carbons (Fsp3) is 0.632. The molecular weight excluding hydrogens is 290 g/mol. The molecule has 0 saturated carbocycles. The second kappa shape index (κ2) is 9.43. The van der Waals surface area contributed by atoms with E-state index < -0.39 is 0 Å². The van der Waals surface area contributed by atoms with Gasteiger partial charge in [0.15, 0.2) is 11.5 Å². The third kappa shape index (κ3) is 6.12. The summed E-state index contributed by atoms with van der Waals surface area (Å²) in [5.41, 5.74) is 1.11. The molecule has 1 heterocycles. The van der Waals surface area contributed by atoms with Gasteiger partial charge in [-0.3, -0.25) is 4.79 Å². The summed E-state index contributed by atoms with van der Waals surface area (Å²) in [6.07, 6.45) is 6.83. The molecule has 1 aromatic carbocycles. The molecule has 0 fully saturated rings. The van der Waals surface area contributed by atoms with Crippen molar-refractivity contribution in [2.45, 2.75) is 64.8 Å². The van der Waals surface area contributed by atoms with E-state index in [2.05, 4.69) is 19.2 Å². The molecule has 128 valence electrons. The maximum atomic E-state index is 12.0. The second-order valence-electron chi connectivity index (χ2n) is 6.30. The molecule has 1 unspecified atom stereocenters. The number of unbranched alkanes of at least 4 members (excludes halogenated alkanes) is 2. The number of nitrogens with one attached hydrogen (secondary N) is 1. The Morgan fingerprint density at radius 1 is 1.22 bits per heavy atom. The molecule has 0 aliphatic carbocycles. The van der Waals surface area contributed by atoms with E-state index in [0.717, 1.165) is 36.3 Å². The van der Waals surface area contributed by atoms with Crippen LogP contribution in [-0.4, -0.2) is 25.2 Å².